The minimum Gasteiger partial charge on any atom is -0.346 e. The molecule has 9 heteroatoms. The van der Waals surface area contributed by atoms with Crippen molar-refractivity contribution in [3.05, 3.63) is 29.3 Å². The first kappa shape index (κ1) is 17.3. The van der Waals surface area contributed by atoms with E-state index in [-0.39, 0.29) is 34.9 Å². The highest BCUT2D eigenvalue weighted by molar-refractivity contribution is 8.14. The van der Waals surface area contributed by atoms with Gasteiger partial charge in [-0.25, -0.2) is 0 Å². The van der Waals surface area contributed by atoms with Crippen molar-refractivity contribution in [1.29, 1.82) is 0 Å². The third-order valence-electron chi connectivity index (χ3n) is 4.76. The molecule has 2 unspecified atom stereocenters. The van der Waals surface area contributed by atoms with Crippen LogP contribution in [0.15, 0.2) is 23.6 Å². The van der Waals surface area contributed by atoms with Gasteiger partial charge in [0.15, 0.2) is 5.69 Å². The second-order valence-electron chi connectivity index (χ2n) is 6.39. The van der Waals surface area contributed by atoms with Gasteiger partial charge in [-0.2, -0.15) is 5.10 Å². The lowest BCUT2D eigenvalue weighted by Gasteiger charge is -2.36. The first-order valence-corrected chi connectivity index (χ1v) is 10.4. The van der Waals surface area contributed by atoms with E-state index in [1.807, 2.05) is 17.5 Å². The zero-order valence-electron chi connectivity index (χ0n) is 13.9. The van der Waals surface area contributed by atoms with E-state index in [9.17, 15) is 14.4 Å². The predicted octanol–water partition coefficient (Wildman–Crippen LogP) is 2.87. The molecule has 0 spiro atoms. The Balaban J connectivity index is 1.48. The number of hydrogen-bond donors (Lipinski definition) is 2. The molecule has 2 N–H and O–H groups in total. The van der Waals surface area contributed by atoms with Crippen LogP contribution in [-0.2, 0) is 4.79 Å². The zero-order valence-corrected chi connectivity index (χ0v) is 15.6. The highest BCUT2D eigenvalue weighted by Crippen LogP contribution is 2.30. The Bertz CT molecular complexity index is 817. The summed E-state index contributed by atoms with van der Waals surface area (Å²) in [6.45, 7) is 0. The summed E-state index contributed by atoms with van der Waals surface area (Å²) in [6.07, 6.45) is 3.39. The van der Waals surface area contributed by atoms with Gasteiger partial charge in [0.1, 0.15) is 0 Å². The maximum atomic E-state index is 12.6. The minimum absolute atomic E-state index is 0.161. The summed E-state index contributed by atoms with van der Waals surface area (Å²) in [5.41, 5.74) is 1.11. The van der Waals surface area contributed by atoms with E-state index < -0.39 is 0 Å². The minimum atomic E-state index is -0.285. The fourth-order valence-electron chi connectivity index (χ4n) is 3.51. The van der Waals surface area contributed by atoms with Gasteiger partial charge < -0.3 is 5.32 Å². The standard InChI is InChI=1S/C17H18N4O3S2/c22-15-9-26-17(24)21(15)13-5-2-1-4-10(13)18-16(23)12-8-11(19-20-12)14-6-3-7-25-14/h3,6-8,10,13H,1-2,4-5,9H2,(H,18,23)(H,19,20). The fraction of sp³-hybridized carbons (Fsp3) is 0.412. The molecule has 3 heterocycles. The molecule has 1 saturated carbocycles. The smallest absolute Gasteiger partial charge is 0.289 e. The lowest BCUT2D eigenvalue weighted by molar-refractivity contribution is -0.127. The number of carbonyl (C=O) groups excluding carboxylic acids is 3. The fourth-order valence-corrected chi connectivity index (χ4v) is 4.97. The number of nitrogens with zero attached hydrogens (tertiary/aromatic N) is 2. The molecular weight excluding hydrogens is 372 g/mol. The highest BCUT2D eigenvalue weighted by Gasteiger charge is 2.41. The third-order valence-corrected chi connectivity index (χ3v) is 6.50. The van der Waals surface area contributed by atoms with Crippen LogP contribution in [-0.4, -0.2) is 50.0 Å². The van der Waals surface area contributed by atoms with Gasteiger partial charge in [0.05, 0.1) is 28.4 Å². The molecule has 2 aromatic heterocycles. The lowest BCUT2D eigenvalue weighted by atomic mass is 9.89. The summed E-state index contributed by atoms with van der Waals surface area (Å²) in [5, 5.41) is 11.7. The molecule has 3 amide bonds. The Hall–Kier alpha value is -2.13. The van der Waals surface area contributed by atoms with E-state index in [0.29, 0.717) is 5.69 Å². The van der Waals surface area contributed by atoms with E-state index in [0.717, 1.165) is 48.0 Å². The molecule has 2 fully saturated rings. The van der Waals surface area contributed by atoms with Crippen LogP contribution in [0.25, 0.3) is 10.6 Å². The molecule has 1 saturated heterocycles. The number of amides is 3. The van der Waals surface area contributed by atoms with Gasteiger partial charge in [-0.15, -0.1) is 11.3 Å². The van der Waals surface area contributed by atoms with E-state index >= 15 is 0 Å². The second kappa shape index (κ2) is 7.24. The summed E-state index contributed by atoms with van der Waals surface area (Å²) in [5.74, 6) is -0.252. The average molecular weight is 390 g/mol. The predicted molar refractivity (Wildman–Crippen MR) is 100 cm³/mol. The maximum Gasteiger partial charge on any atom is 0.289 e. The van der Waals surface area contributed by atoms with Crippen LogP contribution in [0.4, 0.5) is 4.79 Å². The molecule has 0 aromatic carbocycles. The Morgan fingerprint density at radius 2 is 2.15 bits per heavy atom. The normalized spacial score (nSPS) is 23.5. The summed E-state index contributed by atoms with van der Waals surface area (Å²) < 4.78 is 0. The Labute approximate surface area is 158 Å². The van der Waals surface area contributed by atoms with Crippen molar-refractivity contribution >= 4 is 40.2 Å². The number of thiophene rings is 1. The summed E-state index contributed by atoms with van der Waals surface area (Å²) >= 11 is 2.60. The van der Waals surface area contributed by atoms with Crippen molar-refractivity contribution in [3.63, 3.8) is 0 Å². The largest absolute Gasteiger partial charge is 0.346 e. The highest BCUT2D eigenvalue weighted by atomic mass is 32.2. The third kappa shape index (κ3) is 3.28. The van der Waals surface area contributed by atoms with Crippen molar-refractivity contribution in [1.82, 2.24) is 20.4 Å². The second-order valence-corrected chi connectivity index (χ2v) is 8.27. The average Bonchev–Trinajstić information content (AvgIpc) is 3.37. The molecule has 0 radical (unpaired) electrons. The zero-order chi connectivity index (χ0) is 18.1. The van der Waals surface area contributed by atoms with Crippen LogP contribution in [0.3, 0.4) is 0 Å². The summed E-state index contributed by atoms with van der Waals surface area (Å²) in [7, 11) is 0. The number of carbonyl (C=O) groups is 3. The number of aromatic nitrogens is 2. The molecule has 2 aromatic rings. The first-order chi connectivity index (χ1) is 12.6. The molecule has 26 heavy (non-hydrogen) atoms. The monoisotopic (exact) mass is 390 g/mol. The van der Waals surface area contributed by atoms with Crippen molar-refractivity contribution < 1.29 is 14.4 Å². The quantitative estimate of drug-likeness (QED) is 0.837. The Morgan fingerprint density at radius 1 is 1.31 bits per heavy atom. The first-order valence-electron chi connectivity index (χ1n) is 8.52. The van der Waals surface area contributed by atoms with Crippen LogP contribution < -0.4 is 5.32 Å². The molecule has 4 rings (SSSR count). The molecule has 2 atom stereocenters. The van der Waals surface area contributed by atoms with Crippen molar-refractivity contribution in [2.75, 3.05) is 5.75 Å². The van der Waals surface area contributed by atoms with Crippen LogP contribution in [0, 0.1) is 0 Å². The maximum absolute atomic E-state index is 12.6. The Morgan fingerprint density at radius 3 is 2.88 bits per heavy atom. The van der Waals surface area contributed by atoms with Gasteiger partial charge in [-0.1, -0.05) is 30.7 Å². The molecule has 7 nitrogen and oxygen atoms in total. The number of aromatic amines is 1. The van der Waals surface area contributed by atoms with Gasteiger partial charge in [0.25, 0.3) is 11.1 Å². The van der Waals surface area contributed by atoms with Crippen LogP contribution in [0.5, 0.6) is 0 Å². The molecular formula is C17H18N4O3S2. The summed E-state index contributed by atoms with van der Waals surface area (Å²) in [4.78, 5) is 39.1. The van der Waals surface area contributed by atoms with Crippen molar-refractivity contribution in [3.8, 4) is 10.6 Å². The number of rotatable bonds is 4. The number of thioether (sulfide) groups is 1. The van der Waals surface area contributed by atoms with Crippen molar-refractivity contribution in [2.24, 2.45) is 0 Å². The lowest BCUT2D eigenvalue weighted by Crippen LogP contribution is -2.54. The molecule has 2 aliphatic rings. The number of nitrogens with one attached hydrogen (secondary N) is 2. The molecule has 136 valence electrons. The van der Waals surface area contributed by atoms with E-state index in [2.05, 4.69) is 15.5 Å². The van der Waals surface area contributed by atoms with Gasteiger partial charge in [-0.3, -0.25) is 24.4 Å². The Kier molecular flexibility index (Phi) is 4.82. The van der Waals surface area contributed by atoms with Gasteiger partial charge in [-0.05, 0) is 30.4 Å². The van der Waals surface area contributed by atoms with Crippen LogP contribution in [0.1, 0.15) is 36.2 Å². The van der Waals surface area contributed by atoms with Gasteiger partial charge in [0.2, 0.25) is 5.91 Å². The van der Waals surface area contributed by atoms with Gasteiger partial charge in [0, 0.05) is 0 Å². The van der Waals surface area contributed by atoms with Crippen LogP contribution in [0.2, 0.25) is 0 Å². The SMILES string of the molecule is O=C(NC1CCCCC1N1C(=O)CSC1=O)c1cc(-c2cccs2)[nH]n1. The van der Waals surface area contributed by atoms with E-state index in [1.165, 1.54) is 4.90 Å². The van der Waals surface area contributed by atoms with Gasteiger partial charge >= 0.3 is 0 Å². The molecule has 1 aliphatic heterocycles. The summed E-state index contributed by atoms with van der Waals surface area (Å²) in [6, 6.07) is 5.12. The number of hydrogen-bond acceptors (Lipinski definition) is 6. The molecule has 1 aliphatic carbocycles. The van der Waals surface area contributed by atoms with Crippen LogP contribution >= 0.6 is 23.1 Å². The van der Waals surface area contributed by atoms with E-state index in [4.69, 9.17) is 0 Å². The number of imide groups is 1. The van der Waals surface area contributed by atoms with Crippen molar-refractivity contribution in [2.45, 2.75) is 37.8 Å². The topological polar surface area (TPSA) is 95.2 Å². The van der Waals surface area contributed by atoms with E-state index in [1.54, 1.807) is 17.4 Å². The number of H-pyrrole nitrogens is 1. The molecule has 0 bridgehead atoms.